The minimum absolute atomic E-state index is 0.00332. The maximum atomic E-state index is 12.8. The SMILES string of the molecule is CCOc1ccc(C(=O)N2CCC[C@@H](c3ccnc(COC)n3)C2)cn1. The Hall–Kier alpha value is -2.54. The van der Waals surface area contributed by atoms with Crippen molar-refractivity contribution in [3.8, 4) is 5.88 Å². The van der Waals surface area contributed by atoms with E-state index in [0.717, 1.165) is 25.1 Å². The molecule has 1 atom stereocenters. The average Bonchev–Trinajstić information content (AvgIpc) is 2.69. The summed E-state index contributed by atoms with van der Waals surface area (Å²) in [7, 11) is 1.63. The molecule has 7 nitrogen and oxygen atoms in total. The van der Waals surface area contributed by atoms with E-state index < -0.39 is 0 Å². The number of methoxy groups -OCH3 is 1. The molecular formula is C19H24N4O3. The van der Waals surface area contributed by atoms with Gasteiger partial charge in [0.1, 0.15) is 6.61 Å². The van der Waals surface area contributed by atoms with Gasteiger partial charge in [0.2, 0.25) is 5.88 Å². The molecular weight excluding hydrogens is 332 g/mol. The molecule has 0 radical (unpaired) electrons. The smallest absolute Gasteiger partial charge is 0.255 e. The van der Waals surface area contributed by atoms with Crippen molar-refractivity contribution in [3.05, 3.63) is 47.7 Å². The first-order valence-electron chi connectivity index (χ1n) is 8.90. The predicted octanol–water partition coefficient (Wildman–Crippen LogP) is 2.44. The number of nitrogens with zero attached hydrogens (tertiary/aromatic N) is 4. The van der Waals surface area contributed by atoms with E-state index in [1.807, 2.05) is 17.9 Å². The van der Waals surface area contributed by atoms with Gasteiger partial charge < -0.3 is 14.4 Å². The third-order valence-electron chi connectivity index (χ3n) is 4.40. The van der Waals surface area contributed by atoms with Crippen LogP contribution in [-0.4, -0.2) is 52.6 Å². The van der Waals surface area contributed by atoms with Gasteiger partial charge in [-0.15, -0.1) is 0 Å². The molecule has 1 aliphatic rings. The maximum Gasteiger partial charge on any atom is 0.255 e. The van der Waals surface area contributed by atoms with Gasteiger partial charge in [-0.2, -0.15) is 0 Å². The molecule has 0 unspecified atom stereocenters. The molecule has 26 heavy (non-hydrogen) atoms. The van der Waals surface area contributed by atoms with Gasteiger partial charge in [-0.25, -0.2) is 15.0 Å². The number of rotatable bonds is 6. The first-order chi connectivity index (χ1) is 12.7. The number of amides is 1. The van der Waals surface area contributed by atoms with E-state index in [1.54, 1.807) is 31.6 Å². The van der Waals surface area contributed by atoms with Crippen molar-refractivity contribution in [1.29, 1.82) is 0 Å². The minimum Gasteiger partial charge on any atom is -0.478 e. The van der Waals surface area contributed by atoms with Crippen LogP contribution >= 0.6 is 0 Å². The fourth-order valence-electron chi connectivity index (χ4n) is 3.17. The molecule has 0 aliphatic carbocycles. The van der Waals surface area contributed by atoms with E-state index in [0.29, 0.717) is 37.0 Å². The number of carbonyl (C=O) groups is 1. The molecule has 138 valence electrons. The Morgan fingerprint density at radius 3 is 2.92 bits per heavy atom. The molecule has 7 heteroatoms. The standard InChI is InChI=1S/C19H24N4O3/c1-3-26-18-7-6-14(11-21-18)19(24)23-10-4-5-15(12-23)16-8-9-20-17(22-16)13-25-2/h6-9,11,15H,3-5,10,12-13H2,1-2H3/t15-/m1/s1. The predicted molar refractivity (Wildman–Crippen MR) is 96.0 cm³/mol. The molecule has 0 N–H and O–H groups in total. The van der Waals surface area contributed by atoms with E-state index in [9.17, 15) is 4.79 Å². The molecule has 2 aromatic rings. The van der Waals surface area contributed by atoms with Crippen LogP contribution in [0.25, 0.3) is 0 Å². The zero-order valence-electron chi connectivity index (χ0n) is 15.2. The van der Waals surface area contributed by atoms with Crippen LogP contribution in [0.3, 0.4) is 0 Å². The van der Waals surface area contributed by atoms with Crippen LogP contribution in [0.5, 0.6) is 5.88 Å². The summed E-state index contributed by atoms with van der Waals surface area (Å²) in [4.78, 5) is 27.7. The van der Waals surface area contributed by atoms with Crippen LogP contribution in [0.2, 0.25) is 0 Å². The summed E-state index contributed by atoms with van der Waals surface area (Å²) < 4.78 is 10.4. The lowest BCUT2D eigenvalue weighted by molar-refractivity contribution is 0.0705. The van der Waals surface area contributed by atoms with E-state index in [1.165, 1.54) is 0 Å². The van der Waals surface area contributed by atoms with Crippen LogP contribution in [0.15, 0.2) is 30.6 Å². The van der Waals surface area contributed by atoms with E-state index in [2.05, 4.69) is 15.0 Å². The van der Waals surface area contributed by atoms with Crippen LogP contribution in [-0.2, 0) is 11.3 Å². The first-order valence-corrected chi connectivity index (χ1v) is 8.90. The Morgan fingerprint density at radius 1 is 1.31 bits per heavy atom. The van der Waals surface area contributed by atoms with Crippen molar-refractivity contribution in [2.24, 2.45) is 0 Å². The zero-order valence-corrected chi connectivity index (χ0v) is 15.2. The molecule has 3 rings (SSSR count). The summed E-state index contributed by atoms with van der Waals surface area (Å²) in [6.07, 6.45) is 5.30. The van der Waals surface area contributed by atoms with Crippen LogP contribution in [0, 0.1) is 0 Å². The topological polar surface area (TPSA) is 77.4 Å². The summed E-state index contributed by atoms with van der Waals surface area (Å²) in [6, 6.07) is 5.43. The fourth-order valence-corrected chi connectivity index (χ4v) is 3.17. The van der Waals surface area contributed by atoms with Crippen molar-refractivity contribution in [3.63, 3.8) is 0 Å². The van der Waals surface area contributed by atoms with Gasteiger partial charge in [0.25, 0.3) is 5.91 Å². The molecule has 1 saturated heterocycles. The van der Waals surface area contributed by atoms with Gasteiger partial charge in [-0.05, 0) is 31.9 Å². The highest BCUT2D eigenvalue weighted by molar-refractivity contribution is 5.94. The molecule has 2 aromatic heterocycles. The Kier molecular flexibility index (Phi) is 6.12. The number of hydrogen-bond acceptors (Lipinski definition) is 6. The summed E-state index contributed by atoms with van der Waals surface area (Å²) in [5.74, 6) is 1.41. The van der Waals surface area contributed by atoms with Crippen molar-refractivity contribution in [1.82, 2.24) is 19.9 Å². The number of hydrogen-bond donors (Lipinski definition) is 0. The van der Waals surface area contributed by atoms with Crippen molar-refractivity contribution >= 4 is 5.91 Å². The number of piperidine rings is 1. The van der Waals surface area contributed by atoms with E-state index >= 15 is 0 Å². The molecule has 0 spiro atoms. The lowest BCUT2D eigenvalue weighted by Gasteiger charge is -2.32. The number of carbonyl (C=O) groups excluding carboxylic acids is 1. The fraction of sp³-hybridized carbons (Fsp3) is 0.474. The van der Waals surface area contributed by atoms with Gasteiger partial charge in [0, 0.05) is 50.3 Å². The summed E-state index contributed by atoms with van der Waals surface area (Å²) in [6.45, 7) is 4.24. The average molecular weight is 356 g/mol. The van der Waals surface area contributed by atoms with Crippen molar-refractivity contribution in [2.75, 3.05) is 26.8 Å². The first kappa shape index (κ1) is 18.3. The molecule has 1 fully saturated rings. The lowest BCUT2D eigenvalue weighted by atomic mass is 9.94. The highest BCUT2D eigenvalue weighted by Crippen LogP contribution is 2.26. The molecule has 0 bridgehead atoms. The van der Waals surface area contributed by atoms with Crippen molar-refractivity contribution < 1.29 is 14.3 Å². The second-order valence-electron chi connectivity index (χ2n) is 6.24. The number of likely N-dealkylation sites (tertiary alicyclic amines) is 1. The Balaban J connectivity index is 1.69. The van der Waals surface area contributed by atoms with Gasteiger partial charge in [-0.3, -0.25) is 4.79 Å². The van der Waals surface area contributed by atoms with E-state index in [-0.39, 0.29) is 11.8 Å². The third kappa shape index (κ3) is 4.35. The van der Waals surface area contributed by atoms with E-state index in [4.69, 9.17) is 9.47 Å². The molecule has 1 amide bonds. The Labute approximate surface area is 153 Å². The highest BCUT2D eigenvalue weighted by atomic mass is 16.5. The summed E-state index contributed by atoms with van der Waals surface area (Å²) >= 11 is 0. The number of ether oxygens (including phenoxy) is 2. The molecule has 3 heterocycles. The monoisotopic (exact) mass is 356 g/mol. The second kappa shape index (κ2) is 8.71. The Bertz CT molecular complexity index is 736. The molecule has 0 aromatic carbocycles. The van der Waals surface area contributed by atoms with Crippen LogP contribution in [0.1, 0.15) is 47.6 Å². The minimum atomic E-state index is -0.00332. The van der Waals surface area contributed by atoms with Gasteiger partial charge in [0.05, 0.1) is 12.2 Å². The van der Waals surface area contributed by atoms with Crippen LogP contribution < -0.4 is 4.74 Å². The summed E-state index contributed by atoms with van der Waals surface area (Å²) in [5.41, 5.74) is 1.55. The van der Waals surface area contributed by atoms with Crippen LogP contribution in [0.4, 0.5) is 0 Å². The second-order valence-corrected chi connectivity index (χ2v) is 6.24. The quantitative estimate of drug-likeness (QED) is 0.791. The number of aromatic nitrogens is 3. The maximum absolute atomic E-state index is 12.8. The zero-order chi connectivity index (χ0) is 18.4. The van der Waals surface area contributed by atoms with Gasteiger partial charge in [-0.1, -0.05) is 0 Å². The van der Waals surface area contributed by atoms with Gasteiger partial charge >= 0.3 is 0 Å². The largest absolute Gasteiger partial charge is 0.478 e. The van der Waals surface area contributed by atoms with Crippen molar-refractivity contribution in [2.45, 2.75) is 32.3 Å². The third-order valence-corrected chi connectivity index (χ3v) is 4.40. The number of pyridine rings is 1. The lowest BCUT2D eigenvalue weighted by Crippen LogP contribution is -2.39. The van der Waals surface area contributed by atoms with Gasteiger partial charge in [0.15, 0.2) is 5.82 Å². The molecule has 1 aliphatic heterocycles. The normalized spacial score (nSPS) is 17.2. The molecule has 0 saturated carbocycles. The Morgan fingerprint density at radius 2 is 2.19 bits per heavy atom. The highest BCUT2D eigenvalue weighted by Gasteiger charge is 2.26. The summed E-state index contributed by atoms with van der Waals surface area (Å²) in [5, 5.41) is 0.